The van der Waals surface area contributed by atoms with Crippen molar-refractivity contribution in [1.82, 2.24) is 4.90 Å². The third kappa shape index (κ3) is 2.67. The van der Waals surface area contributed by atoms with Crippen molar-refractivity contribution >= 4 is 11.7 Å². The van der Waals surface area contributed by atoms with Gasteiger partial charge in [-0.3, -0.25) is 9.59 Å². The number of ketones is 1. The molecular formula is C15H17NO2. The van der Waals surface area contributed by atoms with Crippen molar-refractivity contribution in [3.63, 3.8) is 0 Å². The maximum atomic E-state index is 11.8. The Morgan fingerprint density at radius 2 is 2.22 bits per heavy atom. The first-order valence-corrected chi connectivity index (χ1v) is 6.15. The summed E-state index contributed by atoms with van der Waals surface area (Å²) >= 11 is 0. The number of allylic oxidation sites excluding steroid dienone is 1. The molecule has 1 heterocycles. The quantitative estimate of drug-likeness (QED) is 0.602. The molecule has 2 rings (SSSR count). The van der Waals surface area contributed by atoms with Crippen LogP contribution in [0.25, 0.3) is 0 Å². The molecule has 3 nitrogen and oxygen atoms in total. The number of benzene rings is 1. The fraction of sp³-hybridized carbons (Fsp3) is 0.333. The van der Waals surface area contributed by atoms with Gasteiger partial charge in [0.1, 0.15) is 0 Å². The number of likely N-dealkylation sites (tertiary alicyclic amines) is 1. The molecule has 18 heavy (non-hydrogen) atoms. The lowest BCUT2D eigenvalue weighted by molar-refractivity contribution is -0.128. The first-order chi connectivity index (χ1) is 8.58. The number of carbonyl (C=O) groups is 2. The van der Waals surface area contributed by atoms with Crippen LogP contribution in [-0.4, -0.2) is 23.1 Å². The highest BCUT2D eigenvalue weighted by atomic mass is 16.2. The van der Waals surface area contributed by atoms with E-state index in [9.17, 15) is 9.59 Å². The van der Waals surface area contributed by atoms with Crippen molar-refractivity contribution in [2.45, 2.75) is 26.3 Å². The number of rotatable bonds is 4. The molecule has 0 radical (unpaired) electrons. The SMILES string of the molecule is C=C(C)C(=O)c1cccc(CN2CCCC2=O)c1. The van der Waals surface area contributed by atoms with Crippen LogP contribution in [-0.2, 0) is 11.3 Å². The predicted molar refractivity (Wildman–Crippen MR) is 70.2 cm³/mol. The normalized spacial score (nSPS) is 14.9. The Morgan fingerprint density at radius 3 is 2.83 bits per heavy atom. The highest BCUT2D eigenvalue weighted by molar-refractivity contribution is 6.07. The molecule has 0 bridgehead atoms. The van der Waals surface area contributed by atoms with Crippen LogP contribution in [0.5, 0.6) is 0 Å². The summed E-state index contributed by atoms with van der Waals surface area (Å²) in [4.78, 5) is 25.2. The van der Waals surface area contributed by atoms with Gasteiger partial charge in [0, 0.05) is 25.1 Å². The summed E-state index contributed by atoms with van der Waals surface area (Å²) in [7, 11) is 0. The van der Waals surface area contributed by atoms with Crippen molar-refractivity contribution in [2.24, 2.45) is 0 Å². The lowest BCUT2D eigenvalue weighted by atomic mass is 10.0. The molecule has 1 fully saturated rings. The monoisotopic (exact) mass is 243 g/mol. The number of carbonyl (C=O) groups excluding carboxylic acids is 2. The molecular weight excluding hydrogens is 226 g/mol. The van der Waals surface area contributed by atoms with Crippen LogP contribution in [0.15, 0.2) is 36.4 Å². The second kappa shape index (κ2) is 5.17. The standard InChI is InChI=1S/C15H17NO2/c1-11(2)15(18)13-6-3-5-12(9-13)10-16-8-4-7-14(16)17/h3,5-6,9H,1,4,7-8,10H2,2H3. The van der Waals surface area contributed by atoms with Gasteiger partial charge in [-0.2, -0.15) is 0 Å². The summed E-state index contributed by atoms with van der Waals surface area (Å²) in [6.07, 6.45) is 1.58. The van der Waals surface area contributed by atoms with E-state index in [0.717, 1.165) is 18.5 Å². The van der Waals surface area contributed by atoms with Crippen LogP contribution >= 0.6 is 0 Å². The first kappa shape index (κ1) is 12.6. The molecule has 1 aromatic carbocycles. The lowest BCUT2D eigenvalue weighted by Crippen LogP contribution is -2.23. The van der Waals surface area contributed by atoms with Gasteiger partial charge < -0.3 is 4.90 Å². The van der Waals surface area contributed by atoms with Gasteiger partial charge in [0.2, 0.25) is 5.91 Å². The molecule has 0 aromatic heterocycles. The molecule has 1 saturated heterocycles. The maximum absolute atomic E-state index is 11.8. The minimum absolute atomic E-state index is 0.0374. The number of nitrogens with zero attached hydrogens (tertiary/aromatic N) is 1. The summed E-state index contributed by atoms with van der Waals surface area (Å²) < 4.78 is 0. The first-order valence-electron chi connectivity index (χ1n) is 6.15. The van der Waals surface area contributed by atoms with Crippen molar-refractivity contribution < 1.29 is 9.59 Å². The van der Waals surface area contributed by atoms with Crippen LogP contribution in [0.1, 0.15) is 35.7 Å². The molecule has 1 aliphatic heterocycles. The van der Waals surface area contributed by atoms with Gasteiger partial charge >= 0.3 is 0 Å². The third-order valence-corrected chi connectivity index (χ3v) is 3.12. The number of hydrogen-bond acceptors (Lipinski definition) is 2. The molecule has 0 saturated carbocycles. The fourth-order valence-electron chi connectivity index (χ4n) is 2.15. The maximum Gasteiger partial charge on any atom is 0.222 e. The molecule has 1 aromatic rings. The van der Waals surface area contributed by atoms with Crippen molar-refractivity contribution in [3.05, 3.63) is 47.5 Å². The zero-order valence-electron chi connectivity index (χ0n) is 10.6. The van der Waals surface area contributed by atoms with Gasteiger partial charge in [-0.1, -0.05) is 24.8 Å². The van der Waals surface area contributed by atoms with E-state index in [-0.39, 0.29) is 11.7 Å². The van der Waals surface area contributed by atoms with E-state index in [2.05, 4.69) is 6.58 Å². The minimum Gasteiger partial charge on any atom is -0.338 e. The molecule has 94 valence electrons. The van der Waals surface area contributed by atoms with Gasteiger partial charge in [0.25, 0.3) is 0 Å². The van der Waals surface area contributed by atoms with E-state index >= 15 is 0 Å². The van der Waals surface area contributed by atoms with Crippen molar-refractivity contribution in [2.75, 3.05) is 6.54 Å². The van der Waals surface area contributed by atoms with Gasteiger partial charge in [0.15, 0.2) is 5.78 Å². The molecule has 0 unspecified atom stereocenters. The highest BCUT2D eigenvalue weighted by Crippen LogP contribution is 2.16. The summed E-state index contributed by atoms with van der Waals surface area (Å²) in [6, 6.07) is 7.43. The van der Waals surface area contributed by atoms with Crippen molar-refractivity contribution in [1.29, 1.82) is 0 Å². The highest BCUT2D eigenvalue weighted by Gasteiger charge is 2.20. The Morgan fingerprint density at radius 1 is 1.44 bits per heavy atom. The molecule has 3 heteroatoms. The number of hydrogen-bond donors (Lipinski definition) is 0. The Hall–Kier alpha value is -1.90. The van der Waals surface area contributed by atoms with E-state index in [1.54, 1.807) is 13.0 Å². The van der Waals surface area contributed by atoms with Crippen LogP contribution < -0.4 is 0 Å². The zero-order valence-corrected chi connectivity index (χ0v) is 10.6. The molecule has 1 aliphatic rings. The van der Waals surface area contributed by atoms with E-state index < -0.39 is 0 Å². The Balaban J connectivity index is 2.14. The average molecular weight is 243 g/mol. The second-order valence-corrected chi connectivity index (χ2v) is 4.73. The van der Waals surface area contributed by atoms with Crippen LogP contribution in [0.2, 0.25) is 0 Å². The molecule has 0 spiro atoms. The van der Waals surface area contributed by atoms with Gasteiger partial charge in [-0.15, -0.1) is 0 Å². The topological polar surface area (TPSA) is 37.4 Å². The summed E-state index contributed by atoms with van der Waals surface area (Å²) in [6.45, 7) is 6.78. The van der Waals surface area contributed by atoms with Gasteiger partial charge in [0.05, 0.1) is 0 Å². The van der Waals surface area contributed by atoms with Gasteiger partial charge in [-0.25, -0.2) is 0 Å². The van der Waals surface area contributed by atoms with Crippen LogP contribution in [0.3, 0.4) is 0 Å². The Labute approximate surface area is 107 Å². The molecule has 0 N–H and O–H groups in total. The fourth-order valence-corrected chi connectivity index (χ4v) is 2.15. The lowest BCUT2D eigenvalue weighted by Gasteiger charge is -2.15. The average Bonchev–Trinajstić information content (AvgIpc) is 2.74. The van der Waals surface area contributed by atoms with Crippen LogP contribution in [0, 0.1) is 0 Å². The summed E-state index contributed by atoms with van der Waals surface area (Å²) in [5, 5.41) is 0. The number of Topliss-reactive ketones (excluding diaryl/α,β-unsaturated/α-hetero) is 1. The largest absolute Gasteiger partial charge is 0.338 e. The Kier molecular flexibility index (Phi) is 3.60. The molecule has 1 amide bonds. The third-order valence-electron chi connectivity index (χ3n) is 3.12. The minimum atomic E-state index is -0.0374. The smallest absolute Gasteiger partial charge is 0.222 e. The summed E-state index contributed by atoms with van der Waals surface area (Å²) in [5.41, 5.74) is 2.17. The number of amides is 1. The van der Waals surface area contributed by atoms with Crippen LogP contribution in [0.4, 0.5) is 0 Å². The Bertz CT molecular complexity index is 505. The van der Waals surface area contributed by atoms with E-state index in [1.165, 1.54) is 0 Å². The van der Waals surface area contributed by atoms with E-state index in [4.69, 9.17) is 0 Å². The zero-order chi connectivity index (χ0) is 13.1. The van der Waals surface area contributed by atoms with Gasteiger partial charge in [-0.05, 0) is 30.5 Å². The van der Waals surface area contributed by atoms with E-state index in [0.29, 0.717) is 24.1 Å². The predicted octanol–water partition coefficient (Wildman–Crippen LogP) is 2.57. The van der Waals surface area contributed by atoms with E-state index in [1.807, 2.05) is 23.1 Å². The van der Waals surface area contributed by atoms with Crippen molar-refractivity contribution in [3.8, 4) is 0 Å². The summed E-state index contributed by atoms with van der Waals surface area (Å²) in [5.74, 6) is 0.163. The second-order valence-electron chi connectivity index (χ2n) is 4.73. The molecule has 0 atom stereocenters. The molecule has 0 aliphatic carbocycles.